The second-order valence-electron chi connectivity index (χ2n) is 6.26. The molecule has 0 aromatic carbocycles. The monoisotopic (exact) mass is 306 g/mol. The molecule has 2 amide bonds. The number of piperazine rings is 1. The van der Waals surface area contributed by atoms with Gasteiger partial charge in [-0.2, -0.15) is 13.2 Å². The van der Waals surface area contributed by atoms with E-state index in [1.54, 1.807) is 0 Å². The third-order valence-corrected chi connectivity index (χ3v) is 4.05. The summed E-state index contributed by atoms with van der Waals surface area (Å²) in [4.78, 5) is 26.0. The minimum atomic E-state index is -4.23. The number of hydrogen-bond acceptors (Lipinski definition) is 2. The maximum absolute atomic E-state index is 12.4. The highest BCUT2D eigenvalue weighted by molar-refractivity contribution is 5.97. The van der Waals surface area contributed by atoms with Crippen LogP contribution in [0.3, 0.4) is 0 Å². The number of carbonyl (C=O) groups excluding carboxylic acids is 2. The van der Waals surface area contributed by atoms with Gasteiger partial charge in [0, 0.05) is 13.0 Å². The fourth-order valence-electron chi connectivity index (χ4n) is 2.79. The van der Waals surface area contributed by atoms with Crippen LogP contribution in [0.15, 0.2) is 0 Å². The van der Waals surface area contributed by atoms with Crippen molar-refractivity contribution in [1.29, 1.82) is 0 Å². The Labute approximate surface area is 122 Å². The lowest BCUT2D eigenvalue weighted by atomic mass is 9.95. The summed E-state index contributed by atoms with van der Waals surface area (Å²) in [6.07, 6.45) is -3.60. The topological polar surface area (TPSA) is 49.4 Å². The van der Waals surface area contributed by atoms with Gasteiger partial charge in [0.15, 0.2) is 0 Å². The van der Waals surface area contributed by atoms with Gasteiger partial charge in [-0.05, 0) is 31.1 Å². The highest BCUT2D eigenvalue weighted by Gasteiger charge is 2.48. The second-order valence-corrected chi connectivity index (χ2v) is 6.26. The summed E-state index contributed by atoms with van der Waals surface area (Å²) in [5.74, 6) is -0.439. The van der Waals surface area contributed by atoms with E-state index in [0.29, 0.717) is 0 Å². The third kappa shape index (κ3) is 3.89. The highest BCUT2D eigenvalue weighted by Crippen LogP contribution is 2.37. The first kappa shape index (κ1) is 16.1. The van der Waals surface area contributed by atoms with Gasteiger partial charge in [-0.1, -0.05) is 13.8 Å². The molecule has 0 bridgehead atoms. The highest BCUT2D eigenvalue weighted by atomic mass is 19.4. The van der Waals surface area contributed by atoms with E-state index in [4.69, 9.17) is 0 Å². The van der Waals surface area contributed by atoms with E-state index in [9.17, 15) is 22.8 Å². The molecule has 0 spiro atoms. The zero-order valence-electron chi connectivity index (χ0n) is 12.2. The van der Waals surface area contributed by atoms with Gasteiger partial charge in [-0.25, -0.2) is 0 Å². The van der Waals surface area contributed by atoms with Crippen LogP contribution in [-0.2, 0) is 9.59 Å². The predicted molar refractivity (Wildman–Crippen MR) is 70.3 cm³/mol. The molecule has 4 nitrogen and oxygen atoms in total. The van der Waals surface area contributed by atoms with Gasteiger partial charge in [0.25, 0.3) is 0 Å². The summed E-state index contributed by atoms with van der Waals surface area (Å²) in [5, 5.41) is 2.72. The molecule has 120 valence electrons. The molecule has 2 unspecified atom stereocenters. The van der Waals surface area contributed by atoms with Crippen LogP contribution in [0.1, 0.15) is 39.5 Å². The van der Waals surface area contributed by atoms with Crippen LogP contribution in [0.4, 0.5) is 13.2 Å². The van der Waals surface area contributed by atoms with E-state index in [-0.39, 0.29) is 36.6 Å². The van der Waals surface area contributed by atoms with E-state index in [1.807, 2.05) is 13.8 Å². The third-order valence-electron chi connectivity index (χ3n) is 4.05. The first-order chi connectivity index (χ1) is 9.70. The van der Waals surface area contributed by atoms with Crippen molar-refractivity contribution in [2.24, 2.45) is 11.8 Å². The minimum Gasteiger partial charge on any atom is -0.342 e. The molecule has 0 aromatic rings. The van der Waals surface area contributed by atoms with Gasteiger partial charge in [0.2, 0.25) is 11.8 Å². The summed E-state index contributed by atoms with van der Waals surface area (Å²) in [6.45, 7) is 3.62. The normalized spacial score (nSPS) is 27.2. The average molecular weight is 306 g/mol. The number of amides is 2. The van der Waals surface area contributed by atoms with Crippen LogP contribution in [-0.4, -0.2) is 41.5 Å². The molecular weight excluding hydrogens is 285 g/mol. The summed E-state index contributed by atoms with van der Waals surface area (Å²) in [5.41, 5.74) is 0. The van der Waals surface area contributed by atoms with Crippen molar-refractivity contribution in [3.63, 3.8) is 0 Å². The molecule has 21 heavy (non-hydrogen) atoms. The molecule has 1 N–H and O–H groups in total. The molecule has 0 aromatic heterocycles. The quantitative estimate of drug-likeness (QED) is 0.845. The average Bonchev–Trinajstić information content (AvgIpc) is 3.15. The Kier molecular flexibility index (Phi) is 4.49. The molecule has 0 radical (unpaired) electrons. The van der Waals surface area contributed by atoms with E-state index in [0.717, 1.165) is 12.8 Å². The van der Waals surface area contributed by atoms with Crippen LogP contribution in [0.2, 0.25) is 0 Å². The van der Waals surface area contributed by atoms with Crippen molar-refractivity contribution >= 4 is 11.8 Å². The van der Waals surface area contributed by atoms with Crippen molar-refractivity contribution in [3.8, 4) is 0 Å². The van der Waals surface area contributed by atoms with Gasteiger partial charge >= 0.3 is 6.18 Å². The number of alkyl halides is 3. The zero-order valence-corrected chi connectivity index (χ0v) is 12.2. The van der Waals surface area contributed by atoms with Crippen LogP contribution in [0.25, 0.3) is 0 Å². The molecule has 1 saturated carbocycles. The molecule has 1 aliphatic carbocycles. The zero-order chi connectivity index (χ0) is 15.8. The van der Waals surface area contributed by atoms with Crippen molar-refractivity contribution in [3.05, 3.63) is 0 Å². The Bertz CT molecular complexity index is 419. The Morgan fingerprint density at radius 3 is 2.38 bits per heavy atom. The Balaban J connectivity index is 2.07. The van der Waals surface area contributed by atoms with Gasteiger partial charge in [0.1, 0.15) is 12.1 Å². The summed E-state index contributed by atoms with van der Waals surface area (Å²) in [7, 11) is 0. The lowest BCUT2D eigenvalue weighted by Gasteiger charge is -2.40. The standard InChI is InChI=1S/C14H21F3N2O2/c1-8(2)10-13(21)19(7-3-6-14(15,16)17)11(9-4-5-9)12(20)18-10/h8-11H,3-7H2,1-2H3,(H,18,20). The van der Waals surface area contributed by atoms with Crippen molar-refractivity contribution in [2.75, 3.05) is 6.54 Å². The summed E-state index contributed by atoms with van der Waals surface area (Å²) in [6, 6.07) is -1.21. The van der Waals surface area contributed by atoms with Gasteiger partial charge in [0.05, 0.1) is 0 Å². The largest absolute Gasteiger partial charge is 0.389 e. The maximum atomic E-state index is 12.4. The molecule has 2 rings (SSSR count). The van der Waals surface area contributed by atoms with Gasteiger partial charge in [-0.15, -0.1) is 0 Å². The smallest absolute Gasteiger partial charge is 0.342 e. The maximum Gasteiger partial charge on any atom is 0.389 e. The Hall–Kier alpha value is -1.27. The Morgan fingerprint density at radius 2 is 1.90 bits per heavy atom. The predicted octanol–water partition coefficient (Wildman–Crippen LogP) is 2.09. The first-order valence-electron chi connectivity index (χ1n) is 7.38. The van der Waals surface area contributed by atoms with Crippen LogP contribution in [0, 0.1) is 11.8 Å². The fraction of sp³-hybridized carbons (Fsp3) is 0.857. The molecule has 2 atom stereocenters. The number of nitrogens with one attached hydrogen (secondary N) is 1. The molecule has 1 saturated heterocycles. The molecular formula is C14H21F3N2O2. The van der Waals surface area contributed by atoms with Crippen molar-refractivity contribution in [2.45, 2.75) is 57.8 Å². The number of halogens is 3. The number of carbonyl (C=O) groups is 2. The molecule has 2 fully saturated rings. The Morgan fingerprint density at radius 1 is 1.29 bits per heavy atom. The second kappa shape index (κ2) is 5.85. The first-order valence-corrected chi connectivity index (χ1v) is 7.38. The molecule has 1 heterocycles. The van der Waals surface area contributed by atoms with Crippen LogP contribution < -0.4 is 5.32 Å². The fourth-order valence-corrected chi connectivity index (χ4v) is 2.79. The van der Waals surface area contributed by atoms with Gasteiger partial charge in [-0.3, -0.25) is 9.59 Å². The van der Waals surface area contributed by atoms with Crippen LogP contribution >= 0.6 is 0 Å². The van der Waals surface area contributed by atoms with Crippen LogP contribution in [0.5, 0.6) is 0 Å². The van der Waals surface area contributed by atoms with E-state index in [1.165, 1.54) is 4.90 Å². The summed E-state index contributed by atoms with van der Waals surface area (Å²) < 4.78 is 36.8. The molecule has 7 heteroatoms. The van der Waals surface area contributed by atoms with E-state index < -0.39 is 24.7 Å². The van der Waals surface area contributed by atoms with Gasteiger partial charge < -0.3 is 10.2 Å². The minimum absolute atomic E-state index is 0.00382. The lowest BCUT2D eigenvalue weighted by Crippen LogP contribution is -2.65. The number of rotatable bonds is 5. The van der Waals surface area contributed by atoms with E-state index >= 15 is 0 Å². The van der Waals surface area contributed by atoms with Crippen molar-refractivity contribution < 1.29 is 22.8 Å². The molecule has 2 aliphatic rings. The molecule has 1 aliphatic heterocycles. The van der Waals surface area contributed by atoms with E-state index in [2.05, 4.69) is 5.32 Å². The number of hydrogen-bond donors (Lipinski definition) is 1. The van der Waals surface area contributed by atoms with Crippen molar-refractivity contribution in [1.82, 2.24) is 10.2 Å². The lowest BCUT2D eigenvalue weighted by molar-refractivity contribution is -0.154. The SMILES string of the molecule is CC(C)C1NC(=O)C(C2CC2)N(CCCC(F)(F)F)C1=O. The summed E-state index contributed by atoms with van der Waals surface area (Å²) >= 11 is 0. The number of nitrogens with zero attached hydrogens (tertiary/aromatic N) is 1.